The van der Waals surface area contributed by atoms with Crippen molar-refractivity contribution in [2.45, 2.75) is 33.4 Å². The van der Waals surface area contributed by atoms with Crippen LogP contribution < -0.4 is 5.32 Å². The minimum atomic E-state index is -4.42. The first-order valence-electron chi connectivity index (χ1n) is 5.77. The Balaban J connectivity index is 0. The Labute approximate surface area is 110 Å². The summed E-state index contributed by atoms with van der Waals surface area (Å²) in [6.07, 6.45) is 2.00. The van der Waals surface area contributed by atoms with E-state index >= 15 is 0 Å². The number of carbonyl (C=O) groups excluding carboxylic acids is 1. The van der Waals surface area contributed by atoms with Crippen LogP contribution in [-0.2, 0) is 19.4 Å². The molecule has 110 valence electrons. The number of rotatable bonds is 7. The molecule has 8 heteroatoms. The van der Waals surface area contributed by atoms with Gasteiger partial charge in [-0.3, -0.25) is 8.98 Å². The van der Waals surface area contributed by atoms with Gasteiger partial charge in [0.1, 0.15) is 0 Å². The van der Waals surface area contributed by atoms with Crippen LogP contribution in [0, 0.1) is 0 Å². The maximum Gasteiger partial charge on any atom is 0.217 e. The first kappa shape index (κ1) is 19.6. The Morgan fingerprint density at radius 2 is 1.83 bits per heavy atom. The minimum absolute atomic E-state index is 0.0914. The van der Waals surface area contributed by atoms with E-state index in [1.165, 1.54) is 6.92 Å². The third-order valence-corrected chi connectivity index (χ3v) is 3.09. The largest absolute Gasteiger partial charge is 0.726 e. The lowest BCUT2D eigenvalue weighted by atomic mass is 10.3. The Morgan fingerprint density at radius 3 is 2.00 bits per heavy atom. The maximum atomic E-state index is 10.2. The van der Waals surface area contributed by atoms with Crippen LogP contribution in [0.15, 0.2) is 0 Å². The fourth-order valence-electron chi connectivity index (χ4n) is 1.26. The molecule has 0 aromatic carbocycles. The molecule has 0 bridgehead atoms. The summed E-state index contributed by atoms with van der Waals surface area (Å²) in [5, 5.41) is 2.82. The quantitative estimate of drug-likeness (QED) is 0.234. The average Bonchev–Trinajstić information content (AvgIpc) is 2.24. The molecule has 0 aromatic heterocycles. The van der Waals surface area contributed by atoms with E-state index in [-0.39, 0.29) is 12.8 Å². The van der Waals surface area contributed by atoms with Crippen LogP contribution in [0.25, 0.3) is 0 Å². The summed E-state index contributed by atoms with van der Waals surface area (Å²) in [6, 6.07) is 0. The van der Waals surface area contributed by atoms with Gasteiger partial charge in [-0.05, 0) is 13.8 Å². The molecule has 0 aliphatic rings. The SMILES string of the molecule is CCC(NC=O)[N+](C)(C)CC.CCOS(=O)(=O)[O-]. The lowest BCUT2D eigenvalue weighted by molar-refractivity contribution is -0.915. The Morgan fingerprint density at radius 1 is 1.33 bits per heavy atom. The van der Waals surface area contributed by atoms with E-state index in [4.69, 9.17) is 0 Å². The highest BCUT2D eigenvalue weighted by atomic mass is 32.3. The van der Waals surface area contributed by atoms with Gasteiger partial charge in [0.05, 0.1) is 27.2 Å². The number of quaternary nitrogens is 1. The Kier molecular flexibility index (Phi) is 10.1. The third-order valence-electron chi connectivity index (χ3n) is 2.57. The van der Waals surface area contributed by atoms with Crippen molar-refractivity contribution in [2.75, 3.05) is 27.2 Å². The molecule has 0 spiro atoms. The third kappa shape index (κ3) is 10.5. The van der Waals surface area contributed by atoms with Gasteiger partial charge in [0.2, 0.25) is 16.8 Å². The van der Waals surface area contributed by atoms with Crippen LogP contribution in [0.2, 0.25) is 0 Å². The van der Waals surface area contributed by atoms with Crippen LogP contribution >= 0.6 is 0 Å². The Hall–Kier alpha value is -0.700. The fourth-order valence-corrected chi connectivity index (χ4v) is 1.55. The van der Waals surface area contributed by atoms with Crippen LogP contribution in [0.5, 0.6) is 0 Å². The van der Waals surface area contributed by atoms with Gasteiger partial charge >= 0.3 is 0 Å². The molecule has 1 unspecified atom stereocenters. The molecule has 0 radical (unpaired) electrons. The molecule has 0 fully saturated rings. The highest BCUT2D eigenvalue weighted by Gasteiger charge is 2.23. The molecule has 1 N–H and O–H groups in total. The van der Waals surface area contributed by atoms with Crippen LogP contribution in [0.1, 0.15) is 27.2 Å². The van der Waals surface area contributed by atoms with Crippen LogP contribution in [0.4, 0.5) is 0 Å². The molecular formula is C10H24N2O5S. The molecule has 0 saturated carbocycles. The van der Waals surface area contributed by atoms with E-state index in [2.05, 4.69) is 37.4 Å². The fraction of sp³-hybridized carbons (Fsp3) is 0.900. The summed E-state index contributed by atoms with van der Waals surface area (Å²) in [4.78, 5) is 10.2. The highest BCUT2D eigenvalue weighted by Crippen LogP contribution is 2.05. The number of hydrogen-bond acceptors (Lipinski definition) is 5. The number of nitrogens with zero attached hydrogens (tertiary/aromatic N) is 1. The molecular weight excluding hydrogens is 260 g/mol. The van der Waals surface area contributed by atoms with Gasteiger partial charge in [-0.25, -0.2) is 8.42 Å². The second-order valence-electron chi connectivity index (χ2n) is 4.12. The van der Waals surface area contributed by atoms with Gasteiger partial charge < -0.3 is 14.4 Å². The predicted molar refractivity (Wildman–Crippen MR) is 67.3 cm³/mol. The van der Waals surface area contributed by atoms with Crippen molar-refractivity contribution >= 4 is 16.8 Å². The lowest BCUT2D eigenvalue weighted by Crippen LogP contribution is -2.55. The minimum Gasteiger partial charge on any atom is -0.726 e. The van der Waals surface area contributed by atoms with Crippen molar-refractivity contribution in [1.82, 2.24) is 5.32 Å². The molecule has 1 atom stereocenters. The van der Waals surface area contributed by atoms with Crippen molar-refractivity contribution in [3.63, 3.8) is 0 Å². The van der Waals surface area contributed by atoms with Crippen LogP contribution in [-0.4, -0.2) is 57.3 Å². The number of amides is 1. The molecule has 0 rings (SSSR count). The molecule has 7 nitrogen and oxygen atoms in total. The Bertz CT molecular complexity index is 316. The van der Waals surface area contributed by atoms with E-state index < -0.39 is 10.4 Å². The monoisotopic (exact) mass is 284 g/mol. The summed E-state index contributed by atoms with van der Waals surface area (Å²) in [5.74, 6) is 0. The zero-order valence-corrected chi connectivity index (χ0v) is 12.5. The van der Waals surface area contributed by atoms with Gasteiger partial charge in [0, 0.05) is 6.42 Å². The second kappa shape index (κ2) is 9.26. The summed E-state index contributed by atoms with van der Waals surface area (Å²) < 4.78 is 32.8. The molecule has 0 saturated heterocycles. The standard InChI is InChI=1S/C8H18N2O.C2H6O4S/c1-5-8(9-7-11)10(3,4)6-2;1-2-6-7(3,4)5/h7-8H,5-6H2,1-4H3;2H2,1H3,(H,3,4,5). The average molecular weight is 284 g/mol. The first-order chi connectivity index (χ1) is 8.14. The van der Waals surface area contributed by atoms with Crippen molar-refractivity contribution in [3.05, 3.63) is 0 Å². The summed E-state index contributed by atoms with van der Waals surface area (Å²) in [6.45, 7) is 6.56. The van der Waals surface area contributed by atoms with E-state index in [1.807, 2.05) is 0 Å². The molecule has 0 aliphatic heterocycles. The van der Waals surface area contributed by atoms with Gasteiger partial charge in [-0.2, -0.15) is 0 Å². The first-order valence-corrected chi connectivity index (χ1v) is 7.10. The van der Waals surface area contributed by atoms with Crippen molar-refractivity contribution < 1.29 is 26.4 Å². The zero-order valence-electron chi connectivity index (χ0n) is 11.7. The maximum absolute atomic E-state index is 10.2. The molecule has 0 heterocycles. The second-order valence-corrected chi connectivity index (χ2v) is 5.17. The molecule has 1 amide bonds. The van der Waals surface area contributed by atoms with Crippen molar-refractivity contribution in [2.24, 2.45) is 0 Å². The topological polar surface area (TPSA) is 95.5 Å². The number of nitrogens with one attached hydrogen (secondary N) is 1. The van der Waals surface area contributed by atoms with E-state index in [1.54, 1.807) is 0 Å². The van der Waals surface area contributed by atoms with Crippen LogP contribution in [0.3, 0.4) is 0 Å². The molecule has 0 aliphatic carbocycles. The number of hydrogen-bond donors (Lipinski definition) is 1. The highest BCUT2D eigenvalue weighted by molar-refractivity contribution is 7.80. The lowest BCUT2D eigenvalue weighted by Gasteiger charge is -2.35. The summed E-state index contributed by atoms with van der Waals surface area (Å²) in [7, 11) is -0.193. The molecule has 0 aromatic rings. The van der Waals surface area contributed by atoms with E-state index in [0.29, 0.717) is 0 Å². The van der Waals surface area contributed by atoms with Gasteiger partial charge in [0.25, 0.3) is 0 Å². The van der Waals surface area contributed by atoms with Gasteiger partial charge in [-0.15, -0.1) is 0 Å². The zero-order chi connectivity index (χ0) is 14.8. The normalized spacial score (nSPS) is 13.2. The van der Waals surface area contributed by atoms with Gasteiger partial charge in [-0.1, -0.05) is 6.92 Å². The smallest absolute Gasteiger partial charge is 0.217 e. The predicted octanol–water partition coefficient (Wildman–Crippen LogP) is 0.0479. The summed E-state index contributed by atoms with van der Waals surface area (Å²) in [5.41, 5.74) is 0. The van der Waals surface area contributed by atoms with E-state index in [9.17, 15) is 17.8 Å². The van der Waals surface area contributed by atoms with Crippen molar-refractivity contribution in [3.8, 4) is 0 Å². The van der Waals surface area contributed by atoms with Crippen molar-refractivity contribution in [1.29, 1.82) is 0 Å². The van der Waals surface area contributed by atoms with E-state index in [0.717, 1.165) is 23.9 Å². The summed E-state index contributed by atoms with van der Waals surface area (Å²) >= 11 is 0. The number of carbonyl (C=O) groups is 1. The molecule has 18 heavy (non-hydrogen) atoms. The van der Waals surface area contributed by atoms with Gasteiger partial charge in [0.15, 0.2) is 6.17 Å².